The summed E-state index contributed by atoms with van der Waals surface area (Å²) in [5, 5.41) is 0.872. The largest absolute Gasteiger partial charge is 0.488 e. The van der Waals surface area contributed by atoms with Crippen molar-refractivity contribution in [2.75, 3.05) is 40.0 Å². The van der Waals surface area contributed by atoms with Gasteiger partial charge < -0.3 is 38.2 Å². The minimum atomic E-state index is -0.887. The van der Waals surface area contributed by atoms with Gasteiger partial charge in [0, 0.05) is 36.7 Å². The Balaban J connectivity index is 1.23. The molecule has 13 heteroatoms. The predicted octanol–water partition coefficient (Wildman–Crippen LogP) is 6.12. The lowest BCUT2D eigenvalue weighted by Crippen LogP contribution is -2.59. The minimum Gasteiger partial charge on any atom is -0.488 e. The molecule has 1 aromatic carbocycles. The third kappa shape index (κ3) is 8.87. The van der Waals surface area contributed by atoms with Gasteiger partial charge in [-0.25, -0.2) is 14.6 Å². The van der Waals surface area contributed by atoms with E-state index in [-0.39, 0.29) is 61.4 Å². The molecule has 1 aromatic heterocycles. The van der Waals surface area contributed by atoms with Gasteiger partial charge in [0.25, 0.3) is 0 Å². The Hall–Kier alpha value is -4.13. The van der Waals surface area contributed by atoms with Crippen molar-refractivity contribution in [2.24, 2.45) is 29.1 Å². The summed E-state index contributed by atoms with van der Waals surface area (Å²) in [4.78, 5) is 62.4. The lowest BCUT2D eigenvalue weighted by atomic mass is 9.77. The third-order valence-corrected chi connectivity index (χ3v) is 12.0. The van der Waals surface area contributed by atoms with E-state index in [4.69, 9.17) is 33.4 Å². The van der Waals surface area contributed by atoms with Crippen LogP contribution in [-0.4, -0.2) is 109 Å². The second-order valence-electron chi connectivity index (χ2n) is 18.5. The number of nitrogens with zero attached hydrogens (tertiary/aromatic N) is 3. The van der Waals surface area contributed by atoms with Crippen LogP contribution in [0.15, 0.2) is 24.3 Å². The zero-order valence-electron chi connectivity index (χ0n) is 34.0. The van der Waals surface area contributed by atoms with Crippen LogP contribution >= 0.6 is 0 Å². The molecule has 2 amide bonds. The van der Waals surface area contributed by atoms with Crippen LogP contribution in [-0.2, 0) is 39.8 Å². The summed E-state index contributed by atoms with van der Waals surface area (Å²) >= 11 is 0. The number of esters is 2. The van der Waals surface area contributed by atoms with E-state index in [1.807, 2.05) is 65.8 Å². The standard InChI is InChI=1S/C43H59N3O10/c1-42(2,3)31-19-35(47)54-34-17-25(34)13-9-8-10-15-30-37(55-36-26-20-45(21-27(36)24-52-23-26)41(50)56-43(4,5)6)29-14-11-12-16-32(29)44-38(30)53-28-18-33(40(49)51-7)46(22-28)39(31)48/h11-12,14,16,25-28,31,33-34,36H,8-10,13,15,17-24H2,1-7H3/t25-,26?,27?,28-,31-,33+,34-,36?/m1/s1. The monoisotopic (exact) mass is 777 g/mol. The number of fused-ring (bicyclic) bond motifs is 7. The minimum absolute atomic E-state index is 0.0672. The van der Waals surface area contributed by atoms with E-state index >= 15 is 0 Å². The molecule has 1 saturated carbocycles. The Morgan fingerprint density at radius 1 is 0.893 bits per heavy atom. The number of carbonyl (C=O) groups excluding carboxylic acids is 4. The van der Waals surface area contributed by atoms with E-state index in [1.165, 1.54) is 12.0 Å². The molecule has 5 heterocycles. The van der Waals surface area contributed by atoms with E-state index in [0.29, 0.717) is 55.8 Å². The summed E-state index contributed by atoms with van der Waals surface area (Å²) in [6.07, 6.45) is 4.11. The second kappa shape index (κ2) is 16.0. The summed E-state index contributed by atoms with van der Waals surface area (Å²) in [5.74, 6) is -0.626. The molecule has 0 radical (unpaired) electrons. The number of para-hydroxylation sites is 1. The molecule has 4 fully saturated rings. The van der Waals surface area contributed by atoms with Crippen LogP contribution in [0.4, 0.5) is 4.79 Å². The lowest BCUT2D eigenvalue weighted by Gasteiger charge is -2.46. The van der Waals surface area contributed by atoms with Crippen LogP contribution in [0, 0.1) is 29.1 Å². The average Bonchev–Trinajstić information content (AvgIpc) is 3.72. The van der Waals surface area contributed by atoms with Crippen molar-refractivity contribution in [3.05, 3.63) is 29.8 Å². The molecule has 13 nitrogen and oxygen atoms in total. The molecule has 1 aliphatic carbocycles. The number of ether oxygens (including phenoxy) is 6. The van der Waals surface area contributed by atoms with Gasteiger partial charge in [-0.05, 0) is 69.9 Å². The van der Waals surface area contributed by atoms with E-state index in [0.717, 1.165) is 43.1 Å². The number of methoxy groups -OCH3 is 1. The van der Waals surface area contributed by atoms with Crippen molar-refractivity contribution in [1.29, 1.82) is 0 Å². The second-order valence-corrected chi connectivity index (χ2v) is 18.5. The molecule has 3 saturated heterocycles. The Kier molecular flexibility index (Phi) is 11.5. The number of aromatic nitrogens is 1. The predicted molar refractivity (Wildman–Crippen MR) is 206 cm³/mol. The van der Waals surface area contributed by atoms with E-state index < -0.39 is 35.0 Å². The number of hydrogen-bond acceptors (Lipinski definition) is 11. The maximum Gasteiger partial charge on any atom is 0.410 e. The highest BCUT2D eigenvalue weighted by Crippen LogP contribution is 2.43. The summed E-state index contributed by atoms with van der Waals surface area (Å²) in [5.41, 5.74) is 0.376. The van der Waals surface area contributed by atoms with Crippen LogP contribution < -0.4 is 9.47 Å². The maximum absolute atomic E-state index is 14.4. The number of piperidine rings is 1. The smallest absolute Gasteiger partial charge is 0.410 e. The molecule has 2 aromatic rings. The van der Waals surface area contributed by atoms with Crippen LogP contribution in [0.3, 0.4) is 0 Å². The molecule has 5 aliphatic rings. The molecule has 2 unspecified atom stereocenters. The molecule has 7 rings (SSSR count). The summed E-state index contributed by atoms with van der Waals surface area (Å²) in [6.45, 7) is 13.3. The summed E-state index contributed by atoms with van der Waals surface area (Å²) in [6, 6.07) is 6.98. The SMILES string of the molecule is COC(=O)[C@@H]1C[C@@H]2CN1C(=O)[C@H](C(C)(C)C)CC(=O)O[C@@H]1C[C@H]1CCCCCc1c(nc3ccccc3c1OC1C3COCC1CN(C(=O)OC(C)(C)C)C3)O2. The fraction of sp³-hybridized carbons (Fsp3) is 0.698. The summed E-state index contributed by atoms with van der Waals surface area (Å²) in [7, 11) is 1.32. The number of rotatable bonds is 3. The highest BCUT2D eigenvalue weighted by molar-refractivity contribution is 5.90. The van der Waals surface area contributed by atoms with E-state index in [1.54, 1.807) is 4.90 Å². The molecule has 306 valence electrons. The van der Waals surface area contributed by atoms with Gasteiger partial charge in [0.1, 0.15) is 35.7 Å². The van der Waals surface area contributed by atoms with Crippen molar-refractivity contribution >= 4 is 34.8 Å². The first-order chi connectivity index (χ1) is 26.6. The molecule has 7 atom stereocenters. The van der Waals surface area contributed by atoms with Gasteiger partial charge in [-0.2, -0.15) is 0 Å². The molecule has 4 bridgehead atoms. The maximum atomic E-state index is 14.4. The number of pyridine rings is 1. The van der Waals surface area contributed by atoms with Gasteiger partial charge in [-0.3, -0.25) is 9.59 Å². The molecule has 0 N–H and O–H groups in total. The van der Waals surface area contributed by atoms with E-state index in [2.05, 4.69) is 0 Å². The Labute approximate surface area is 330 Å². The van der Waals surface area contributed by atoms with Crippen molar-refractivity contribution in [1.82, 2.24) is 14.8 Å². The highest BCUT2D eigenvalue weighted by atomic mass is 16.6. The Morgan fingerprint density at radius 3 is 2.32 bits per heavy atom. The first kappa shape index (κ1) is 40.1. The van der Waals surface area contributed by atoms with Crippen LogP contribution in [0.5, 0.6) is 11.6 Å². The molecule has 56 heavy (non-hydrogen) atoms. The fourth-order valence-electron chi connectivity index (χ4n) is 8.90. The summed E-state index contributed by atoms with van der Waals surface area (Å²) < 4.78 is 36.8. The van der Waals surface area contributed by atoms with Crippen molar-refractivity contribution in [3.8, 4) is 11.6 Å². The van der Waals surface area contributed by atoms with Crippen LogP contribution in [0.25, 0.3) is 10.9 Å². The first-order valence-electron chi connectivity index (χ1n) is 20.5. The number of amides is 2. The molecular weight excluding hydrogens is 718 g/mol. The lowest BCUT2D eigenvalue weighted by molar-refractivity contribution is -0.157. The van der Waals surface area contributed by atoms with E-state index in [9.17, 15) is 19.2 Å². The van der Waals surface area contributed by atoms with Crippen molar-refractivity contribution in [3.63, 3.8) is 0 Å². The normalized spacial score (nSPS) is 30.2. The van der Waals surface area contributed by atoms with Crippen LogP contribution in [0.1, 0.15) is 92.1 Å². The Bertz CT molecular complexity index is 1790. The third-order valence-electron chi connectivity index (χ3n) is 12.0. The molecule has 4 aliphatic heterocycles. The molecule has 0 spiro atoms. The first-order valence-corrected chi connectivity index (χ1v) is 20.5. The average molecular weight is 778 g/mol. The Morgan fingerprint density at radius 2 is 1.62 bits per heavy atom. The quantitative estimate of drug-likeness (QED) is 0.263. The van der Waals surface area contributed by atoms with Gasteiger partial charge in [0.15, 0.2) is 0 Å². The van der Waals surface area contributed by atoms with Gasteiger partial charge in [-0.1, -0.05) is 45.7 Å². The zero-order valence-corrected chi connectivity index (χ0v) is 34.0. The van der Waals surface area contributed by atoms with Crippen molar-refractivity contribution < 1.29 is 47.6 Å². The van der Waals surface area contributed by atoms with Gasteiger partial charge >= 0.3 is 18.0 Å². The number of likely N-dealkylation sites (tertiary alicyclic amines) is 1. The van der Waals surface area contributed by atoms with Gasteiger partial charge in [-0.15, -0.1) is 0 Å². The fourth-order valence-corrected chi connectivity index (χ4v) is 8.90. The van der Waals surface area contributed by atoms with Crippen LogP contribution in [0.2, 0.25) is 0 Å². The number of hydrogen-bond donors (Lipinski definition) is 0. The zero-order chi connectivity index (χ0) is 39.9. The molecular formula is C43H59N3O10. The van der Waals surface area contributed by atoms with Gasteiger partial charge in [0.05, 0.1) is 50.3 Å². The highest BCUT2D eigenvalue weighted by Gasteiger charge is 2.49. The van der Waals surface area contributed by atoms with Crippen molar-refractivity contribution in [2.45, 2.75) is 123 Å². The number of benzene rings is 1. The van der Waals surface area contributed by atoms with Gasteiger partial charge in [0.2, 0.25) is 11.8 Å². The topological polar surface area (TPSA) is 143 Å². The number of carbonyl (C=O) groups is 4.